The highest BCUT2D eigenvalue weighted by Crippen LogP contribution is 2.19. The molecule has 1 aromatic rings. The minimum absolute atomic E-state index is 0.0883. The van der Waals surface area contributed by atoms with Gasteiger partial charge in [0.1, 0.15) is 5.82 Å². The number of nitrogens with one attached hydrogen (secondary N) is 1. The van der Waals surface area contributed by atoms with Gasteiger partial charge in [-0.3, -0.25) is 4.79 Å². The normalized spacial score (nSPS) is 10.5. The van der Waals surface area contributed by atoms with Crippen LogP contribution >= 0.6 is 0 Å². The number of nitrogens with two attached hydrogens (primary N) is 1. The van der Waals surface area contributed by atoms with Crippen LogP contribution in [0.2, 0.25) is 0 Å². The van der Waals surface area contributed by atoms with Crippen LogP contribution < -0.4 is 16.0 Å². The summed E-state index contributed by atoms with van der Waals surface area (Å²) in [7, 11) is 0. The molecule has 0 unspecified atom stereocenters. The lowest BCUT2D eigenvalue weighted by molar-refractivity contribution is -0.120. The number of carbonyl (C=O) groups is 1. The fraction of sp³-hybridized carbons (Fsp3) is 0.462. The van der Waals surface area contributed by atoms with Gasteiger partial charge in [-0.15, -0.1) is 0 Å². The largest absolute Gasteiger partial charge is 0.399 e. The van der Waals surface area contributed by atoms with Crippen molar-refractivity contribution in [2.45, 2.75) is 26.8 Å². The summed E-state index contributed by atoms with van der Waals surface area (Å²) in [5.74, 6) is -0.484. The number of amides is 1. The second kappa shape index (κ2) is 6.23. The number of rotatable bonds is 5. The first-order valence-corrected chi connectivity index (χ1v) is 6.02. The fourth-order valence-corrected chi connectivity index (χ4v) is 1.71. The summed E-state index contributed by atoms with van der Waals surface area (Å²) in [6.45, 7) is 6.50. The van der Waals surface area contributed by atoms with Gasteiger partial charge in [0, 0.05) is 24.0 Å². The maximum Gasteiger partial charge on any atom is 0.239 e. The number of hydrogen-bond donors (Lipinski definition) is 2. The number of halogens is 1. The molecule has 0 aliphatic heterocycles. The van der Waals surface area contributed by atoms with E-state index in [4.69, 9.17) is 5.73 Å². The topological polar surface area (TPSA) is 58.4 Å². The van der Waals surface area contributed by atoms with E-state index in [-0.39, 0.29) is 18.5 Å². The first kappa shape index (κ1) is 14.3. The Morgan fingerprint density at radius 3 is 2.61 bits per heavy atom. The third-order valence-corrected chi connectivity index (χ3v) is 2.44. The van der Waals surface area contributed by atoms with Gasteiger partial charge in [-0.05, 0) is 39.0 Å². The zero-order valence-corrected chi connectivity index (χ0v) is 11.0. The molecule has 100 valence electrons. The van der Waals surface area contributed by atoms with E-state index in [1.807, 2.05) is 20.8 Å². The fourth-order valence-electron chi connectivity index (χ4n) is 1.71. The van der Waals surface area contributed by atoms with Crippen LogP contribution in [0.15, 0.2) is 18.2 Å². The van der Waals surface area contributed by atoms with Crippen LogP contribution in [0.3, 0.4) is 0 Å². The second-order valence-corrected chi connectivity index (χ2v) is 4.48. The van der Waals surface area contributed by atoms with E-state index >= 15 is 0 Å². The third-order valence-electron chi connectivity index (χ3n) is 2.44. The maximum absolute atomic E-state index is 13.3. The summed E-state index contributed by atoms with van der Waals surface area (Å²) >= 11 is 0. The molecule has 0 saturated carbocycles. The van der Waals surface area contributed by atoms with Gasteiger partial charge in [0.2, 0.25) is 5.91 Å². The van der Waals surface area contributed by atoms with E-state index in [0.29, 0.717) is 17.9 Å². The predicted molar refractivity (Wildman–Crippen MR) is 72.0 cm³/mol. The lowest BCUT2D eigenvalue weighted by Crippen LogP contribution is -2.40. The quantitative estimate of drug-likeness (QED) is 0.786. The van der Waals surface area contributed by atoms with Crippen LogP contribution in [-0.2, 0) is 4.79 Å². The summed E-state index contributed by atoms with van der Waals surface area (Å²) in [5, 5.41) is 2.80. The molecule has 0 aliphatic rings. The maximum atomic E-state index is 13.3. The molecule has 5 heteroatoms. The van der Waals surface area contributed by atoms with Crippen molar-refractivity contribution in [1.82, 2.24) is 5.32 Å². The van der Waals surface area contributed by atoms with Crippen LogP contribution in [0.4, 0.5) is 15.8 Å². The van der Waals surface area contributed by atoms with Gasteiger partial charge in [0.15, 0.2) is 0 Å². The molecule has 0 spiro atoms. The zero-order valence-electron chi connectivity index (χ0n) is 11.0. The molecule has 1 aromatic carbocycles. The smallest absolute Gasteiger partial charge is 0.239 e. The van der Waals surface area contributed by atoms with Gasteiger partial charge in [-0.25, -0.2) is 4.39 Å². The number of hydrogen-bond acceptors (Lipinski definition) is 3. The third kappa shape index (κ3) is 4.24. The van der Waals surface area contributed by atoms with Gasteiger partial charge < -0.3 is 16.0 Å². The van der Waals surface area contributed by atoms with Crippen molar-refractivity contribution >= 4 is 17.3 Å². The Morgan fingerprint density at radius 2 is 2.11 bits per heavy atom. The summed E-state index contributed by atoms with van der Waals surface area (Å²) in [6.07, 6.45) is 0. The average molecular weight is 253 g/mol. The molecular formula is C13H20FN3O. The first-order chi connectivity index (χ1) is 8.42. The Balaban J connectivity index is 2.79. The number of likely N-dealkylation sites (N-methyl/N-ethyl adjacent to an activating group) is 1. The Morgan fingerprint density at radius 1 is 1.44 bits per heavy atom. The van der Waals surface area contributed by atoms with Crippen LogP contribution in [0.25, 0.3) is 0 Å². The number of anilines is 2. The standard InChI is InChI=1S/C13H20FN3O/c1-4-17(8-13(18)16-9(2)3)12-6-10(14)5-11(15)7-12/h5-7,9H,4,8,15H2,1-3H3,(H,16,18). The lowest BCUT2D eigenvalue weighted by Gasteiger charge is -2.23. The molecule has 0 heterocycles. The molecular weight excluding hydrogens is 233 g/mol. The SMILES string of the molecule is CCN(CC(=O)NC(C)C)c1cc(N)cc(F)c1. The molecule has 0 aromatic heterocycles. The molecule has 0 saturated heterocycles. The minimum Gasteiger partial charge on any atom is -0.399 e. The number of nitrogen functional groups attached to an aromatic ring is 1. The Hall–Kier alpha value is -1.78. The van der Waals surface area contributed by atoms with Crippen molar-refractivity contribution in [1.29, 1.82) is 0 Å². The molecule has 1 rings (SSSR count). The molecule has 3 N–H and O–H groups in total. The van der Waals surface area contributed by atoms with Gasteiger partial charge in [-0.2, -0.15) is 0 Å². The molecule has 0 fully saturated rings. The molecule has 4 nitrogen and oxygen atoms in total. The van der Waals surface area contributed by atoms with E-state index in [0.717, 1.165) is 0 Å². The average Bonchev–Trinajstić information content (AvgIpc) is 2.23. The van der Waals surface area contributed by atoms with Crippen molar-refractivity contribution in [2.75, 3.05) is 23.7 Å². The first-order valence-electron chi connectivity index (χ1n) is 6.02. The molecule has 0 radical (unpaired) electrons. The van der Waals surface area contributed by atoms with Gasteiger partial charge in [0.25, 0.3) is 0 Å². The summed E-state index contributed by atoms with van der Waals surface area (Å²) < 4.78 is 13.3. The lowest BCUT2D eigenvalue weighted by atomic mass is 10.2. The molecule has 0 aliphatic carbocycles. The van der Waals surface area contributed by atoms with Crippen LogP contribution in [0, 0.1) is 5.82 Å². The summed E-state index contributed by atoms with van der Waals surface area (Å²) in [5.41, 5.74) is 6.57. The number of benzene rings is 1. The van der Waals surface area contributed by atoms with Gasteiger partial charge >= 0.3 is 0 Å². The van der Waals surface area contributed by atoms with Gasteiger partial charge in [0.05, 0.1) is 6.54 Å². The van der Waals surface area contributed by atoms with Gasteiger partial charge in [-0.1, -0.05) is 0 Å². The molecule has 1 amide bonds. The van der Waals surface area contributed by atoms with Crippen molar-refractivity contribution in [2.24, 2.45) is 0 Å². The predicted octanol–water partition coefficient (Wildman–Crippen LogP) is 1.76. The van der Waals surface area contributed by atoms with Crippen molar-refractivity contribution in [3.05, 3.63) is 24.0 Å². The Bertz CT molecular complexity index is 400. The second-order valence-electron chi connectivity index (χ2n) is 4.48. The molecule has 0 bridgehead atoms. The zero-order chi connectivity index (χ0) is 13.7. The summed E-state index contributed by atoms with van der Waals surface area (Å²) in [6, 6.07) is 4.39. The highest BCUT2D eigenvalue weighted by molar-refractivity contribution is 5.81. The van der Waals surface area contributed by atoms with E-state index in [9.17, 15) is 9.18 Å². The van der Waals surface area contributed by atoms with E-state index in [1.54, 1.807) is 11.0 Å². The van der Waals surface area contributed by atoms with E-state index in [2.05, 4.69) is 5.32 Å². The van der Waals surface area contributed by atoms with Crippen molar-refractivity contribution < 1.29 is 9.18 Å². The highest BCUT2D eigenvalue weighted by atomic mass is 19.1. The highest BCUT2D eigenvalue weighted by Gasteiger charge is 2.12. The monoisotopic (exact) mass is 253 g/mol. The Labute approximate surface area is 107 Å². The number of nitrogens with zero attached hydrogens (tertiary/aromatic N) is 1. The number of carbonyl (C=O) groups excluding carboxylic acids is 1. The summed E-state index contributed by atoms with van der Waals surface area (Å²) in [4.78, 5) is 13.5. The van der Waals surface area contributed by atoms with Crippen LogP contribution in [0.1, 0.15) is 20.8 Å². The van der Waals surface area contributed by atoms with Crippen molar-refractivity contribution in [3.8, 4) is 0 Å². The van der Waals surface area contributed by atoms with Crippen LogP contribution in [-0.4, -0.2) is 25.0 Å². The van der Waals surface area contributed by atoms with Crippen molar-refractivity contribution in [3.63, 3.8) is 0 Å². The molecule has 18 heavy (non-hydrogen) atoms. The molecule has 0 atom stereocenters. The van der Waals surface area contributed by atoms with Crippen LogP contribution in [0.5, 0.6) is 0 Å². The Kier molecular flexibility index (Phi) is 4.95. The van der Waals surface area contributed by atoms with E-state index in [1.165, 1.54) is 12.1 Å². The minimum atomic E-state index is -0.396. The van der Waals surface area contributed by atoms with E-state index < -0.39 is 5.82 Å².